The van der Waals surface area contributed by atoms with Crippen molar-refractivity contribution in [2.45, 2.75) is 12.2 Å². The molecule has 0 radical (unpaired) electrons. The highest BCUT2D eigenvalue weighted by atomic mass is 79.9. The Hall–Kier alpha value is -0.850. The summed E-state index contributed by atoms with van der Waals surface area (Å²) in [7, 11) is 1.79. The van der Waals surface area contributed by atoms with E-state index in [9.17, 15) is 13.2 Å². The largest absolute Gasteiger partial charge is 0.416 e. The van der Waals surface area contributed by atoms with Gasteiger partial charge in [-0.1, -0.05) is 12.1 Å². The zero-order chi connectivity index (χ0) is 14.0. The number of hydrogen-bond acceptors (Lipinski definition) is 2. The van der Waals surface area contributed by atoms with Crippen molar-refractivity contribution < 1.29 is 13.2 Å². The number of rotatable bonds is 3. The summed E-state index contributed by atoms with van der Waals surface area (Å²) in [4.78, 5) is 1.05. The quantitative estimate of drug-likeness (QED) is 0.835. The van der Waals surface area contributed by atoms with Gasteiger partial charge in [-0.25, -0.2) is 0 Å². The van der Waals surface area contributed by atoms with Crippen LogP contribution in [0.3, 0.4) is 0 Å². The summed E-state index contributed by atoms with van der Waals surface area (Å²) in [5.74, 6) is 0. The van der Waals surface area contributed by atoms with Crippen LogP contribution in [0.1, 0.15) is 22.0 Å². The Labute approximate surface area is 121 Å². The van der Waals surface area contributed by atoms with Crippen LogP contribution in [0, 0.1) is 0 Å². The molecule has 0 aliphatic carbocycles. The van der Waals surface area contributed by atoms with E-state index in [1.165, 1.54) is 12.1 Å². The van der Waals surface area contributed by atoms with Gasteiger partial charge < -0.3 is 5.32 Å². The number of hydrogen-bond donors (Lipinski definition) is 1. The summed E-state index contributed by atoms with van der Waals surface area (Å²) in [5.41, 5.74) is 0.184. The van der Waals surface area contributed by atoms with E-state index in [1.807, 2.05) is 11.4 Å². The van der Waals surface area contributed by atoms with Gasteiger partial charge in [0.1, 0.15) is 0 Å². The second-order valence-electron chi connectivity index (χ2n) is 4.01. The topological polar surface area (TPSA) is 12.0 Å². The maximum Gasteiger partial charge on any atom is 0.416 e. The van der Waals surface area contributed by atoms with Crippen LogP contribution in [0.15, 0.2) is 40.2 Å². The first-order valence-electron chi connectivity index (χ1n) is 5.50. The first-order valence-corrected chi connectivity index (χ1v) is 7.17. The van der Waals surface area contributed by atoms with E-state index >= 15 is 0 Å². The Bertz CT molecular complexity index is 548. The number of benzene rings is 1. The van der Waals surface area contributed by atoms with Crippen LogP contribution in [0.25, 0.3) is 0 Å². The van der Waals surface area contributed by atoms with Crippen molar-refractivity contribution in [2.24, 2.45) is 0 Å². The van der Waals surface area contributed by atoms with Gasteiger partial charge >= 0.3 is 6.18 Å². The van der Waals surface area contributed by atoms with E-state index in [1.54, 1.807) is 18.4 Å². The van der Waals surface area contributed by atoms with Crippen molar-refractivity contribution in [1.82, 2.24) is 5.32 Å². The predicted molar refractivity (Wildman–Crippen MR) is 74.4 cm³/mol. The molecule has 1 atom stereocenters. The molecule has 2 rings (SSSR count). The Morgan fingerprint density at radius 2 is 1.84 bits per heavy atom. The lowest BCUT2D eigenvalue weighted by Gasteiger charge is -2.16. The zero-order valence-electron chi connectivity index (χ0n) is 9.96. The normalized spacial score (nSPS) is 13.5. The molecule has 0 fully saturated rings. The minimum absolute atomic E-state index is 0.0985. The zero-order valence-corrected chi connectivity index (χ0v) is 12.4. The van der Waals surface area contributed by atoms with Crippen LogP contribution in [-0.2, 0) is 6.18 Å². The summed E-state index contributed by atoms with van der Waals surface area (Å²) in [5, 5.41) is 5.06. The lowest BCUT2D eigenvalue weighted by atomic mass is 10.0. The van der Waals surface area contributed by atoms with Crippen LogP contribution in [0.5, 0.6) is 0 Å². The van der Waals surface area contributed by atoms with E-state index < -0.39 is 11.7 Å². The van der Waals surface area contributed by atoms with Crippen molar-refractivity contribution in [3.05, 3.63) is 56.2 Å². The molecule has 102 valence electrons. The van der Waals surface area contributed by atoms with Crippen molar-refractivity contribution >= 4 is 27.3 Å². The third-order valence-corrected chi connectivity index (χ3v) is 4.49. The second kappa shape index (κ2) is 5.64. The third-order valence-electron chi connectivity index (χ3n) is 2.73. The minimum Gasteiger partial charge on any atom is -0.309 e. The van der Waals surface area contributed by atoms with Crippen molar-refractivity contribution in [3.63, 3.8) is 0 Å². The highest BCUT2D eigenvalue weighted by molar-refractivity contribution is 9.10. The molecule has 0 saturated carbocycles. The molecule has 1 aromatic carbocycles. The predicted octanol–water partition coefficient (Wildman–Crippen LogP) is 4.84. The fourth-order valence-electron chi connectivity index (χ4n) is 1.82. The van der Waals surface area contributed by atoms with E-state index in [2.05, 4.69) is 21.2 Å². The fraction of sp³-hybridized carbons (Fsp3) is 0.231. The molecule has 0 aliphatic rings. The molecular weight excluding hydrogens is 339 g/mol. The van der Waals surface area contributed by atoms with E-state index in [-0.39, 0.29) is 6.04 Å². The van der Waals surface area contributed by atoms with Crippen LogP contribution in [0.2, 0.25) is 0 Å². The molecule has 19 heavy (non-hydrogen) atoms. The van der Waals surface area contributed by atoms with E-state index in [0.717, 1.165) is 27.0 Å². The summed E-state index contributed by atoms with van der Waals surface area (Å²) in [6, 6.07) is 7.11. The molecule has 2 aromatic rings. The Morgan fingerprint density at radius 3 is 2.26 bits per heavy atom. The molecule has 1 unspecified atom stereocenters. The Balaban J connectivity index is 2.30. The summed E-state index contributed by atoms with van der Waals surface area (Å²) in [6.07, 6.45) is -4.29. The molecular formula is C13H11BrF3NS. The molecule has 1 nitrogen and oxygen atoms in total. The molecule has 0 aliphatic heterocycles. The van der Waals surface area contributed by atoms with Crippen LogP contribution < -0.4 is 5.32 Å². The SMILES string of the molecule is CNC(c1ccc(C(F)(F)F)cc1)c1cc(Br)cs1. The lowest BCUT2D eigenvalue weighted by molar-refractivity contribution is -0.137. The molecule has 0 amide bonds. The summed E-state index contributed by atoms with van der Waals surface area (Å²) in [6.45, 7) is 0. The van der Waals surface area contributed by atoms with E-state index in [4.69, 9.17) is 0 Å². The van der Waals surface area contributed by atoms with Crippen LogP contribution in [0.4, 0.5) is 13.2 Å². The first-order chi connectivity index (χ1) is 8.91. The number of thiophene rings is 1. The summed E-state index contributed by atoms with van der Waals surface area (Å²) < 4.78 is 38.5. The molecule has 1 N–H and O–H groups in total. The average molecular weight is 350 g/mol. The fourth-order valence-corrected chi connectivity index (χ4v) is 3.40. The van der Waals surface area contributed by atoms with E-state index in [0.29, 0.717) is 0 Å². The van der Waals surface area contributed by atoms with Gasteiger partial charge in [-0.2, -0.15) is 13.2 Å². The van der Waals surface area contributed by atoms with Gasteiger partial charge in [-0.15, -0.1) is 11.3 Å². The van der Waals surface area contributed by atoms with Crippen molar-refractivity contribution in [1.29, 1.82) is 0 Å². The highest BCUT2D eigenvalue weighted by Gasteiger charge is 2.30. The lowest BCUT2D eigenvalue weighted by Crippen LogP contribution is -2.16. The van der Waals surface area contributed by atoms with Gasteiger partial charge in [0, 0.05) is 14.7 Å². The van der Waals surface area contributed by atoms with Gasteiger partial charge in [-0.05, 0) is 46.7 Å². The van der Waals surface area contributed by atoms with Gasteiger partial charge in [0.05, 0.1) is 11.6 Å². The smallest absolute Gasteiger partial charge is 0.309 e. The molecule has 1 aromatic heterocycles. The maximum atomic E-state index is 12.5. The van der Waals surface area contributed by atoms with Gasteiger partial charge in [0.15, 0.2) is 0 Å². The minimum atomic E-state index is -4.29. The number of nitrogens with one attached hydrogen (secondary N) is 1. The molecule has 0 saturated heterocycles. The van der Waals surface area contributed by atoms with Gasteiger partial charge in [-0.3, -0.25) is 0 Å². The average Bonchev–Trinajstić information content (AvgIpc) is 2.76. The van der Waals surface area contributed by atoms with Gasteiger partial charge in [0.2, 0.25) is 0 Å². The Kier molecular flexibility index (Phi) is 4.32. The highest BCUT2D eigenvalue weighted by Crippen LogP contribution is 2.33. The van der Waals surface area contributed by atoms with Crippen LogP contribution in [-0.4, -0.2) is 7.05 Å². The number of alkyl halides is 3. The van der Waals surface area contributed by atoms with Gasteiger partial charge in [0.25, 0.3) is 0 Å². The molecule has 1 heterocycles. The monoisotopic (exact) mass is 349 g/mol. The van der Waals surface area contributed by atoms with Crippen molar-refractivity contribution in [3.8, 4) is 0 Å². The third kappa shape index (κ3) is 3.38. The van der Waals surface area contributed by atoms with Crippen molar-refractivity contribution in [2.75, 3.05) is 7.05 Å². The molecule has 6 heteroatoms. The second-order valence-corrected chi connectivity index (χ2v) is 5.87. The summed E-state index contributed by atoms with van der Waals surface area (Å²) >= 11 is 4.93. The Morgan fingerprint density at radius 1 is 1.21 bits per heavy atom. The standard InChI is InChI=1S/C13H11BrF3NS/c1-18-12(11-6-10(14)7-19-11)8-2-4-9(5-3-8)13(15,16)17/h2-7,12,18H,1H3. The first kappa shape index (κ1) is 14.6. The number of halogens is 4. The van der Waals surface area contributed by atoms with Crippen LogP contribution >= 0.6 is 27.3 Å². The maximum absolute atomic E-state index is 12.5. The molecule has 0 bridgehead atoms. The molecule has 0 spiro atoms.